The molecule has 0 atom stereocenters. The summed E-state index contributed by atoms with van der Waals surface area (Å²) in [6, 6.07) is 11.4. The highest BCUT2D eigenvalue weighted by Crippen LogP contribution is 2.19. The van der Waals surface area contributed by atoms with E-state index in [1.165, 1.54) is 6.07 Å². The second-order valence-electron chi connectivity index (χ2n) is 5.16. The molecular weight excluding hydrogens is 365 g/mol. The molecule has 0 unspecified atom stereocenters. The molecule has 2 aromatic carbocycles. The first-order valence-electron chi connectivity index (χ1n) is 7.26. The lowest BCUT2D eigenvalue weighted by Gasteiger charge is -2.08. The number of amides is 3. The van der Waals surface area contributed by atoms with Gasteiger partial charge in [-0.1, -0.05) is 35.3 Å². The molecule has 8 heteroatoms. The topological polar surface area (TPSA) is 87.3 Å². The van der Waals surface area contributed by atoms with Crippen molar-refractivity contribution in [3.8, 4) is 0 Å². The van der Waals surface area contributed by atoms with E-state index in [-0.39, 0.29) is 6.54 Å². The minimum Gasteiger partial charge on any atom is -0.339 e. The van der Waals surface area contributed by atoms with Crippen molar-refractivity contribution in [3.63, 3.8) is 0 Å². The third-order valence-corrected chi connectivity index (χ3v) is 3.80. The molecule has 0 aromatic heterocycles. The molecule has 0 spiro atoms. The average Bonchev–Trinajstić information content (AvgIpc) is 2.56. The van der Waals surface area contributed by atoms with Gasteiger partial charge in [-0.15, -0.1) is 0 Å². The Morgan fingerprint density at radius 2 is 1.64 bits per heavy atom. The zero-order valence-corrected chi connectivity index (χ0v) is 14.7. The van der Waals surface area contributed by atoms with Gasteiger partial charge in [0.25, 0.3) is 0 Å². The number of anilines is 2. The Morgan fingerprint density at radius 3 is 2.32 bits per heavy atom. The van der Waals surface area contributed by atoms with Crippen LogP contribution >= 0.6 is 23.2 Å². The van der Waals surface area contributed by atoms with E-state index in [1.54, 1.807) is 36.4 Å². The highest BCUT2D eigenvalue weighted by Gasteiger charge is 2.15. The number of aryl methyl sites for hydroxylation is 1. The number of halogens is 2. The van der Waals surface area contributed by atoms with E-state index in [1.807, 2.05) is 6.92 Å². The van der Waals surface area contributed by atoms with Crippen LogP contribution in [-0.2, 0) is 14.4 Å². The fourth-order valence-electron chi connectivity index (χ4n) is 1.87. The van der Waals surface area contributed by atoms with Gasteiger partial charge in [-0.05, 0) is 42.8 Å². The SMILES string of the molecule is Cc1ccc(NC(=O)CNC(=O)C(=O)Nc2cccc(Cl)c2)cc1Cl. The molecule has 0 aliphatic carbocycles. The number of nitrogens with one attached hydrogen (secondary N) is 3. The molecule has 25 heavy (non-hydrogen) atoms. The summed E-state index contributed by atoms with van der Waals surface area (Å²) >= 11 is 11.8. The smallest absolute Gasteiger partial charge is 0.313 e. The molecule has 0 radical (unpaired) electrons. The van der Waals surface area contributed by atoms with Crippen LogP contribution in [0, 0.1) is 6.92 Å². The Bertz CT molecular complexity index is 825. The van der Waals surface area contributed by atoms with Crippen molar-refractivity contribution in [2.75, 3.05) is 17.2 Å². The maximum atomic E-state index is 11.8. The lowest BCUT2D eigenvalue weighted by Crippen LogP contribution is -2.39. The molecule has 0 fully saturated rings. The summed E-state index contributed by atoms with van der Waals surface area (Å²) in [6.45, 7) is 1.49. The summed E-state index contributed by atoms with van der Waals surface area (Å²) in [4.78, 5) is 35.3. The molecule has 0 heterocycles. The van der Waals surface area contributed by atoms with E-state index in [9.17, 15) is 14.4 Å². The van der Waals surface area contributed by atoms with Gasteiger partial charge in [-0.2, -0.15) is 0 Å². The van der Waals surface area contributed by atoms with Crippen molar-refractivity contribution in [3.05, 3.63) is 58.1 Å². The molecular formula is C17H15Cl2N3O3. The molecule has 130 valence electrons. The van der Waals surface area contributed by atoms with Gasteiger partial charge < -0.3 is 16.0 Å². The van der Waals surface area contributed by atoms with Crippen LogP contribution in [-0.4, -0.2) is 24.3 Å². The van der Waals surface area contributed by atoms with Crippen LogP contribution in [0.4, 0.5) is 11.4 Å². The van der Waals surface area contributed by atoms with Gasteiger partial charge in [0, 0.05) is 21.4 Å². The molecule has 3 N–H and O–H groups in total. The largest absolute Gasteiger partial charge is 0.339 e. The van der Waals surface area contributed by atoms with Crippen LogP contribution in [0.3, 0.4) is 0 Å². The Kier molecular flexibility index (Phi) is 6.38. The van der Waals surface area contributed by atoms with Gasteiger partial charge in [0.1, 0.15) is 0 Å². The standard InChI is InChI=1S/C17H15Cl2N3O3/c1-10-5-6-13(8-14(10)19)21-15(23)9-20-16(24)17(25)22-12-4-2-3-11(18)7-12/h2-8H,9H2,1H3,(H,20,24)(H,21,23)(H,22,25). The van der Waals surface area contributed by atoms with Crippen LogP contribution in [0.25, 0.3) is 0 Å². The lowest BCUT2D eigenvalue weighted by molar-refractivity contribution is -0.136. The van der Waals surface area contributed by atoms with Gasteiger partial charge in [0.2, 0.25) is 5.91 Å². The van der Waals surface area contributed by atoms with Gasteiger partial charge in [0.05, 0.1) is 6.54 Å². The number of rotatable bonds is 4. The zero-order chi connectivity index (χ0) is 18.4. The summed E-state index contributed by atoms with van der Waals surface area (Å²) in [5.41, 5.74) is 1.76. The maximum absolute atomic E-state index is 11.8. The summed E-state index contributed by atoms with van der Waals surface area (Å²) < 4.78 is 0. The van der Waals surface area contributed by atoms with Gasteiger partial charge in [-0.3, -0.25) is 14.4 Å². The lowest BCUT2D eigenvalue weighted by atomic mass is 10.2. The minimum absolute atomic E-state index is 0.354. The third kappa shape index (κ3) is 5.77. The zero-order valence-electron chi connectivity index (χ0n) is 13.2. The third-order valence-electron chi connectivity index (χ3n) is 3.15. The maximum Gasteiger partial charge on any atom is 0.313 e. The van der Waals surface area contributed by atoms with Gasteiger partial charge >= 0.3 is 11.8 Å². The van der Waals surface area contributed by atoms with Crippen molar-refractivity contribution in [2.45, 2.75) is 6.92 Å². The van der Waals surface area contributed by atoms with E-state index in [0.717, 1.165) is 5.56 Å². The Labute approximate surface area is 154 Å². The molecule has 6 nitrogen and oxygen atoms in total. The molecule has 0 aliphatic heterocycles. The summed E-state index contributed by atoms with van der Waals surface area (Å²) in [6.07, 6.45) is 0. The molecule has 2 aromatic rings. The average molecular weight is 380 g/mol. The van der Waals surface area contributed by atoms with E-state index in [2.05, 4.69) is 16.0 Å². The van der Waals surface area contributed by atoms with Crippen molar-refractivity contribution >= 4 is 52.3 Å². The monoisotopic (exact) mass is 379 g/mol. The van der Waals surface area contributed by atoms with Crippen molar-refractivity contribution in [2.24, 2.45) is 0 Å². The van der Waals surface area contributed by atoms with Crippen LogP contribution in [0.5, 0.6) is 0 Å². The van der Waals surface area contributed by atoms with Gasteiger partial charge in [0.15, 0.2) is 0 Å². The predicted octanol–water partition coefficient (Wildman–Crippen LogP) is 3.00. The van der Waals surface area contributed by atoms with E-state index >= 15 is 0 Å². The van der Waals surface area contributed by atoms with Crippen LogP contribution in [0.1, 0.15) is 5.56 Å². The van der Waals surface area contributed by atoms with Crippen molar-refractivity contribution in [1.82, 2.24) is 5.32 Å². The first kappa shape index (κ1) is 18.8. The molecule has 0 bridgehead atoms. The first-order chi connectivity index (χ1) is 11.8. The summed E-state index contributed by atoms with van der Waals surface area (Å²) in [5.74, 6) is -2.31. The van der Waals surface area contributed by atoms with E-state index in [0.29, 0.717) is 21.4 Å². The molecule has 0 saturated carbocycles. The normalized spacial score (nSPS) is 10.0. The Balaban J connectivity index is 1.83. The van der Waals surface area contributed by atoms with Crippen LogP contribution in [0.15, 0.2) is 42.5 Å². The Hall–Kier alpha value is -2.57. The van der Waals surface area contributed by atoms with Crippen LogP contribution < -0.4 is 16.0 Å². The number of carbonyl (C=O) groups is 3. The molecule has 0 aliphatic rings. The fraction of sp³-hybridized carbons (Fsp3) is 0.118. The second kappa shape index (κ2) is 8.50. The molecule has 3 amide bonds. The minimum atomic E-state index is -0.933. The first-order valence-corrected chi connectivity index (χ1v) is 8.01. The van der Waals surface area contributed by atoms with Crippen LogP contribution in [0.2, 0.25) is 10.0 Å². The predicted molar refractivity (Wildman–Crippen MR) is 97.9 cm³/mol. The Morgan fingerprint density at radius 1 is 0.920 bits per heavy atom. The summed E-state index contributed by atoms with van der Waals surface area (Å²) in [7, 11) is 0. The fourth-order valence-corrected chi connectivity index (χ4v) is 2.24. The highest BCUT2D eigenvalue weighted by atomic mass is 35.5. The van der Waals surface area contributed by atoms with Crippen molar-refractivity contribution < 1.29 is 14.4 Å². The number of hydrogen-bond donors (Lipinski definition) is 3. The van der Waals surface area contributed by atoms with E-state index < -0.39 is 17.7 Å². The quantitative estimate of drug-likeness (QED) is 0.713. The molecule has 2 rings (SSSR count). The number of benzene rings is 2. The number of hydrogen-bond acceptors (Lipinski definition) is 3. The highest BCUT2D eigenvalue weighted by molar-refractivity contribution is 6.40. The summed E-state index contributed by atoms with van der Waals surface area (Å²) in [5, 5.41) is 8.14. The molecule has 0 saturated heterocycles. The second-order valence-corrected chi connectivity index (χ2v) is 6.00. The number of carbonyl (C=O) groups excluding carboxylic acids is 3. The van der Waals surface area contributed by atoms with E-state index in [4.69, 9.17) is 23.2 Å². The van der Waals surface area contributed by atoms with Crippen molar-refractivity contribution in [1.29, 1.82) is 0 Å². The van der Waals surface area contributed by atoms with Gasteiger partial charge in [-0.25, -0.2) is 0 Å².